The van der Waals surface area contributed by atoms with Gasteiger partial charge in [-0.1, -0.05) is 0 Å². The van der Waals surface area contributed by atoms with Crippen LogP contribution in [-0.2, 0) is 4.79 Å². The summed E-state index contributed by atoms with van der Waals surface area (Å²) in [5.41, 5.74) is -1.07. The van der Waals surface area contributed by atoms with E-state index in [2.05, 4.69) is 5.32 Å². The van der Waals surface area contributed by atoms with Gasteiger partial charge in [-0.25, -0.2) is 0 Å². The first-order chi connectivity index (χ1) is 5.10. The third-order valence-corrected chi connectivity index (χ3v) is 2.21. The summed E-state index contributed by atoms with van der Waals surface area (Å²) in [5.74, 6) is -0.954. The van der Waals surface area contributed by atoms with E-state index in [-0.39, 0.29) is 12.6 Å². The fourth-order valence-corrected chi connectivity index (χ4v) is 1.44. The Kier molecular flexibility index (Phi) is 2.15. The number of hydrogen-bond acceptors (Lipinski definition) is 3. The van der Waals surface area contributed by atoms with E-state index in [0.717, 1.165) is 6.42 Å². The lowest BCUT2D eigenvalue weighted by Gasteiger charge is -2.21. The minimum Gasteiger partial charge on any atom is -0.480 e. The zero-order valence-electron chi connectivity index (χ0n) is 6.50. The summed E-state index contributed by atoms with van der Waals surface area (Å²) in [6.07, 6.45) is 1.33. The summed E-state index contributed by atoms with van der Waals surface area (Å²) in [5, 5.41) is 20.5. The van der Waals surface area contributed by atoms with Crippen LogP contribution in [0.5, 0.6) is 0 Å². The summed E-state index contributed by atoms with van der Waals surface area (Å²) in [7, 11) is 0. The number of aliphatic hydroxyl groups is 1. The zero-order valence-corrected chi connectivity index (χ0v) is 6.50. The highest BCUT2D eigenvalue weighted by atomic mass is 16.4. The number of carboxylic acids is 1. The van der Waals surface area contributed by atoms with Crippen LogP contribution in [0.1, 0.15) is 19.8 Å². The summed E-state index contributed by atoms with van der Waals surface area (Å²) in [4.78, 5) is 10.7. The Bertz CT molecular complexity index is 171. The first kappa shape index (κ1) is 8.49. The smallest absolute Gasteiger partial charge is 0.326 e. The molecule has 11 heavy (non-hydrogen) atoms. The van der Waals surface area contributed by atoms with Crippen molar-refractivity contribution in [3.63, 3.8) is 0 Å². The Morgan fingerprint density at radius 3 is 2.64 bits per heavy atom. The number of rotatable bonds is 2. The summed E-state index contributed by atoms with van der Waals surface area (Å²) >= 11 is 0. The molecule has 0 aliphatic carbocycles. The van der Waals surface area contributed by atoms with Gasteiger partial charge in [-0.3, -0.25) is 10.1 Å². The van der Waals surface area contributed by atoms with E-state index in [1.807, 2.05) is 6.92 Å². The number of hydrogen-bond donors (Lipinski definition) is 3. The second-order valence-corrected chi connectivity index (χ2v) is 3.13. The number of aliphatic hydroxyl groups excluding tert-OH is 1. The van der Waals surface area contributed by atoms with E-state index in [4.69, 9.17) is 10.2 Å². The van der Waals surface area contributed by atoms with E-state index in [1.165, 1.54) is 0 Å². The van der Waals surface area contributed by atoms with Gasteiger partial charge in [0, 0.05) is 6.04 Å². The van der Waals surface area contributed by atoms with Crippen LogP contribution in [0.25, 0.3) is 0 Å². The van der Waals surface area contributed by atoms with E-state index < -0.39 is 11.5 Å². The molecule has 0 aromatic carbocycles. The molecule has 4 heteroatoms. The Hall–Kier alpha value is -0.610. The molecule has 4 nitrogen and oxygen atoms in total. The normalized spacial score (nSPS) is 37.5. The first-order valence-corrected chi connectivity index (χ1v) is 3.73. The van der Waals surface area contributed by atoms with Crippen LogP contribution in [0, 0.1) is 0 Å². The molecular formula is C7H13NO3. The molecule has 0 saturated carbocycles. The second-order valence-electron chi connectivity index (χ2n) is 3.13. The van der Waals surface area contributed by atoms with Crippen LogP contribution in [0.3, 0.4) is 0 Å². The largest absolute Gasteiger partial charge is 0.480 e. The second kappa shape index (κ2) is 2.79. The molecule has 64 valence electrons. The van der Waals surface area contributed by atoms with Crippen LogP contribution >= 0.6 is 0 Å². The van der Waals surface area contributed by atoms with Crippen molar-refractivity contribution in [1.82, 2.24) is 5.32 Å². The van der Waals surface area contributed by atoms with Crippen molar-refractivity contribution in [3.05, 3.63) is 0 Å². The number of carbonyl (C=O) groups is 1. The molecular weight excluding hydrogens is 146 g/mol. The van der Waals surface area contributed by atoms with Crippen molar-refractivity contribution in [1.29, 1.82) is 0 Å². The summed E-state index contributed by atoms with van der Waals surface area (Å²) in [6.45, 7) is 1.59. The Morgan fingerprint density at radius 2 is 2.45 bits per heavy atom. The van der Waals surface area contributed by atoms with E-state index >= 15 is 0 Å². The molecule has 1 heterocycles. The highest BCUT2D eigenvalue weighted by Gasteiger charge is 2.43. The van der Waals surface area contributed by atoms with Gasteiger partial charge >= 0.3 is 5.97 Å². The lowest BCUT2D eigenvalue weighted by atomic mass is 9.99. The fraction of sp³-hybridized carbons (Fsp3) is 0.857. The van der Waals surface area contributed by atoms with Crippen molar-refractivity contribution in [2.75, 3.05) is 6.61 Å². The Balaban J connectivity index is 2.70. The highest BCUT2D eigenvalue weighted by Crippen LogP contribution is 2.22. The maximum Gasteiger partial charge on any atom is 0.326 e. The van der Waals surface area contributed by atoms with Crippen LogP contribution in [0.15, 0.2) is 0 Å². The molecule has 2 unspecified atom stereocenters. The van der Waals surface area contributed by atoms with E-state index in [9.17, 15) is 4.79 Å². The number of nitrogens with one attached hydrogen (secondary N) is 1. The lowest BCUT2D eigenvalue weighted by Crippen LogP contribution is -2.52. The molecule has 3 N–H and O–H groups in total. The lowest BCUT2D eigenvalue weighted by molar-refractivity contribution is -0.146. The van der Waals surface area contributed by atoms with Gasteiger partial charge in [-0.15, -0.1) is 0 Å². The molecule has 0 bridgehead atoms. The minimum atomic E-state index is -1.07. The van der Waals surface area contributed by atoms with Crippen LogP contribution in [0.2, 0.25) is 0 Å². The summed E-state index contributed by atoms with van der Waals surface area (Å²) in [6, 6.07) is 0.193. The van der Waals surface area contributed by atoms with Gasteiger partial charge in [0.2, 0.25) is 0 Å². The van der Waals surface area contributed by atoms with Crippen LogP contribution in [0.4, 0.5) is 0 Å². The monoisotopic (exact) mass is 159 g/mol. The van der Waals surface area contributed by atoms with E-state index in [1.54, 1.807) is 0 Å². The molecule has 1 aliphatic rings. The highest BCUT2D eigenvalue weighted by molar-refractivity contribution is 5.79. The average Bonchev–Trinajstić information content (AvgIpc) is 2.33. The zero-order chi connectivity index (χ0) is 8.48. The van der Waals surface area contributed by atoms with Gasteiger partial charge in [0.1, 0.15) is 5.54 Å². The van der Waals surface area contributed by atoms with Crippen molar-refractivity contribution in [3.8, 4) is 0 Å². The van der Waals surface area contributed by atoms with Crippen LogP contribution < -0.4 is 5.32 Å². The molecule has 0 amide bonds. The quantitative estimate of drug-likeness (QED) is 0.511. The maximum absolute atomic E-state index is 10.7. The third kappa shape index (κ3) is 1.36. The molecule has 0 aromatic rings. The Labute approximate surface area is 65.2 Å². The van der Waals surface area contributed by atoms with E-state index in [0.29, 0.717) is 6.42 Å². The maximum atomic E-state index is 10.7. The minimum absolute atomic E-state index is 0.193. The van der Waals surface area contributed by atoms with Gasteiger partial charge in [0.05, 0.1) is 6.61 Å². The Morgan fingerprint density at radius 1 is 1.82 bits per heavy atom. The molecule has 2 atom stereocenters. The molecule has 0 radical (unpaired) electrons. The third-order valence-electron chi connectivity index (χ3n) is 2.21. The van der Waals surface area contributed by atoms with Crippen LogP contribution in [-0.4, -0.2) is 34.4 Å². The number of aliphatic carboxylic acids is 1. The molecule has 0 aromatic heterocycles. The van der Waals surface area contributed by atoms with Gasteiger partial charge in [-0.2, -0.15) is 0 Å². The van der Waals surface area contributed by atoms with Gasteiger partial charge in [-0.05, 0) is 19.8 Å². The fourth-order valence-electron chi connectivity index (χ4n) is 1.44. The van der Waals surface area contributed by atoms with Gasteiger partial charge in [0.15, 0.2) is 0 Å². The van der Waals surface area contributed by atoms with Crippen molar-refractivity contribution < 1.29 is 15.0 Å². The van der Waals surface area contributed by atoms with Gasteiger partial charge in [0.25, 0.3) is 0 Å². The topological polar surface area (TPSA) is 69.6 Å². The average molecular weight is 159 g/mol. The molecule has 1 rings (SSSR count). The SMILES string of the molecule is CC1CCC(CO)(C(=O)O)N1. The van der Waals surface area contributed by atoms with Crippen molar-refractivity contribution in [2.45, 2.75) is 31.3 Å². The van der Waals surface area contributed by atoms with Crippen molar-refractivity contribution in [2.24, 2.45) is 0 Å². The molecule has 0 spiro atoms. The molecule has 1 saturated heterocycles. The molecule has 1 aliphatic heterocycles. The first-order valence-electron chi connectivity index (χ1n) is 3.73. The number of carboxylic acid groups (broad SMARTS) is 1. The predicted octanol–water partition coefficient (Wildman–Crippen LogP) is -0.426. The predicted molar refractivity (Wildman–Crippen MR) is 39.3 cm³/mol. The molecule has 1 fully saturated rings. The standard InChI is InChI=1S/C7H13NO3/c1-5-2-3-7(4-9,8-5)6(10)11/h5,8-9H,2-4H2,1H3,(H,10,11). The summed E-state index contributed by atoms with van der Waals surface area (Å²) < 4.78 is 0. The van der Waals surface area contributed by atoms with Crippen molar-refractivity contribution >= 4 is 5.97 Å². The van der Waals surface area contributed by atoms with Gasteiger partial charge < -0.3 is 10.2 Å².